The first kappa shape index (κ1) is 12.4. The van der Waals surface area contributed by atoms with Gasteiger partial charge in [0.25, 0.3) is 0 Å². The molecule has 1 radical (unpaired) electrons. The molecule has 0 amide bonds. The third kappa shape index (κ3) is 2.67. The van der Waals surface area contributed by atoms with Crippen LogP contribution >= 0.6 is 0 Å². The summed E-state index contributed by atoms with van der Waals surface area (Å²) in [6.07, 6.45) is 0. The van der Waals surface area contributed by atoms with E-state index in [-0.39, 0.29) is 0 Å². The van der Waals surface area contributed by atoms with Gasteiger partial charge in [0.1, 0.15) is 5.54 Å². The lowest BCUT2D eigenvalue weighted by Gasteiger charge is -2.37. The Morgan fingerprint density at radius 1 is 1.15 bits per heavy atom. The monoisotopic (exact) mass is 188 g/mol. The molecule has 0 unspecified atom stereocenters. The predicted octanol–water partition coefficient (Wildman–Crippen LogP) is 1.38. The molecule has 13 heavy (non-hydrogen) atoms. The standard InChI is InChI=1S/C9H18NO3/c1-8(2,3)10(12)9(4,5)7(11)13-6/h1-6H3. The largest absolute Gasteiger partial charge is 0.468 e. The van der Waals surface area contributed by atoms with Gasteiger partial charge in [0.2, 0.25) is 0 Å². The molecule has 77 valence electrons. The second-order valence-corrected chi connectivity index (χ2v) is 4.52. The van der Waals surface area contributed by atoms with Gasteiger partial charge in [0.05, 0.1) is 7.11 Å². The molecule has 0 fully saturated rings. The van der Waals surface area contributed by atoms with Gasteiger partial charge in [0, 0.05) is 5.54 Å². The fourth-order valence-electron chi connectivity index (χ4n) is 1.17. The van der Waals surface area contributed by atoms with Crippen LogP contribution in [0.3, 0.4) is 0 Å². The van der Waals surface area contributed by atoms with E-state index < -0.39 is 17.0 Å². The molecular formula is C9H18NO3. The van der Waals surface area contributed by atoms with E-state index in [0.717, 1.165) is 5.06 Å². The first-order valence-corrected chi connectivity index (χ1v) is 4.20. The number of ether oxygens (including phenoxy) is 1. The SMILES string of the molecule is COC(=O)C(C)(C)N([O])C(C)(C)C. The van der Waals surface area contributed by atoms with E-state index in [0.29, 0.717) is 0 Å². The summed E-state index contributed by atoms with van der Waals surface area (Å²) < 4.78 is 4.55. The Kier molecular flexibility index (Phi) is 3.47. The van der Waals surface area contributed by atoms with Crippen LogP contribution in [0.2, 0.25) is 0 Å². The van der Waals surface area contributed by atoms with Crippen molar-refractivity contribution in [3.05, 3.63) is 0 Å². The maximum atomic E-state index is 11.7. The molecule has 0 aliphatic rings. The Balaban J connectivity index is 4.74. The average molecular weight is 188 g/mol. The summed E-state index contributed by atoms with van der Waals surface area (Å²) in [5, 5.41) is 12.5. The number of carbonyl (C=O) groups is 1. The molecular weight excluding hydrogens is 170 g/mol. The Bertz CT molecular complexity index is 194. The summed E-state index contributed by atoms with van der Waals surface area (Å²) >= 11 is 0. The smallest absolute Gasteiger partial charge is 0.328 e. The molecule has 0 aromatic heterocycles. The van der Waals surface area contributed by atoms with Crippen LogP contribution in [0.1, 0.15) is 34.6 Å². The summed E-state index contributed by atoms with van der Waals surface area (Å²) in [7, 11) is 1.28. The van der Waals surface area contributed by atoms with E-state index in [1.165, 1.54) is 7.11 Å². The number of rotatable bonds is 2. The van der Waals surface area contributed by atoms with Crippen LogP contribution in [-0.2, 0) is 14.7 Å². The van der Waals surface area contributed by atoms with Crippen molar-refractivity contribution in [3.8, 4) is 0 Å². The molecule has 0 rings (SSSR count). The minimum atomic E-state index is -1.13. The van der Waals surface area contributed by atoms with Gasteiger partial charge in [-0.3, -0.25) is 0 Å². The van der Waals surface area contributed by atoms with Gasteiger partial charge in [-0.25, -0.2) is 4.79 Å². The summed E-state index contributed by atoms with van der Waals surface area (Å²) in [5.74, 6) is -0.516. The van der Waals surface area contributed by atoms with Gasteiger partial charge in [-0.1, -0.05) is 0 Å². The maximum Gasteiger partial charge on any atom is 0.328 e. The second kappa shape index (κ2) is 3.64. The highest BCUT2D eigenvalue weighted by Gasteiger charge is 2.42. The first-order valence-electron chi connectivity index (χ1n) is 4.20. The van der Waals surface area contributed by atoms with E-state index in [1.807, 2.05) is 0 Å². The van der Waals surface area contributed by atoms with Gasteiger partial charge in [-0.05, 0) is 34.6 Å². The Hall–Kier alpha value is -0.610. The normalized spacial score (nSPS) is 13.2. The van der Waals surface area contributed by atoms with Gasteiger partial charge < -0.3 is 4.74 Å². The zero-order valence-electron chi connectivity index (χ0n) is 9.17. The van der Waals surface area contributed by atoms with Crippen LogP contribution in [-0.4, -0.2) is 29.2 Å². The molecule has 4 nitrogen and oxygen atoms in total. The van der Waals surface area contributed by atoms with Crippen LogP contribution in [0.15, 0.2) is 0 Å². The number of hydrogen-bond acceptors (Lipinski definition) is 3. The molecule has 0 saturated heterocycles. The summed E-state index contributed by atoms with van der Waals surface area (Å²) in [6, 6.07) is 0. The molecule has 0 aromatic carbocycles. The highest BCUT2D eigenvalue weighted by molar-refractivity contribution is 5.79. The van der Waals surface area contributed by atoms with Gasteiger partial charge in [-0.15, -0.1) is 10.3 Å². The highest BCUT2D eigenvalue weighted by atomic mass is 16.5. The number of hydrogen-bond donors (Lipinski definition) is 0. The van der Waals surface area contributed by atoms with E-state index >= 15 is 0 Å². The zero-order valence-corrected chi connectivity index (χ0v) is 9.17. The molecule has 0 aliphatic carbocycles. The molecule has 0 aromatic rings. The van der Waals surface area contributed by atoms with Crippen LogP contribution in [0.4, 0.5) is 0 Å². The number of carbonyl (C=O) groups excluding carboxylic acids is 1. The summed E-state index contributed by atoms with van der Waals surface area (Å²) in [4.78, 5) is 11.3. The van der Waals surface area contributed by atoms with E-state index in [1.54, 1.807) is 34.6 Å². The van der Waals surface area contributed by atoms with Crippen LogP contribution in [0.25, 0.3) is 0 Å². The van der Waals surface area contributed by atoms with Gasteiger partial charge in [0.15, 0.2) is 0 Å². The second-order valence-electron chi connectivity index (χ2n) is 4.52. The maximum absolute atomic E-state index is 11.7. The van der Waals surface area contributed by atoms with Crippen molar-refractivity contribution in [2.24, 2.45) is 0 Å². The number of nitrogens with zero attached hydrogens (tertiary/aromatic N) is 1. The van der Waals surface area contributed by atoms with Gasteiger partial charge >= 0.3 is 5.97 Å². The van der Waals surface area contributed by atoms with Crippen molar-refractivity contribution in [1.29, 1.82) is 0 Å². The topological polar surface area (TPSA) is 49.4 Å². The van der Waals surface area contributed by atoms with Crippen LogP contribution in [0.5, 0.6) is 0 Å². The predicted molar refractivity (Wildman–Crippen MR) is 48.4 cm³/mol. The third-order valence-electron chi connectivity index (χ3n) is 1.80. The van der Waals surface area contributed by atoms with Crippen molar-refractivity contribution in [2.45, 2.75) is 45.7 Å². The zero-order chi connectivity index (χ0) is 10.9. The van der Waals surface area contributed by atoms with E-state index in [4.69, 9.17) is 0 Å². The van der Waals surface area contributed by atoms with Crippen molar-refractivity contribution in [1.82, 2.24) is 5.06 Å². The molecule has 0 saturated carbocycles. The minimum Gasteiger partial charge on any atom is -0.468 e. The molecule has 0 atom stereocenters. The fourth-order valence-corrected chi connectivity index (χ4v) is 1.17. The van der Waals surface area contributed by atoms with Crippen LogP contribution < -0.4 is 0 Å². The summed E-state index contributed by atoms with van der Waals surface area (Å²) in [5.41, 5.74) is -1.73. The molecule has 0 spiro atoms. The molecule has 4 heteroatoms. The van der Waals surface area contributed by atoms with Crippen molar-refractivity contribution in [2.75, 3.05) is 7.11 Å². The van der Waals surface area contributed by atoms with Crippen molar-refractivity contribution in [3.63, 3.8) is 0 Å². The molecule has 0 N–H and O–H groups in total. The van der Waals surface area contributed by atoms with Crippen molar-refractivity contribution < 1.29 is 14.7 Å². The lowest BCUT2D eigenvalue weighted by molar-refractivity contribution is -0.267. The first-order chi connectivity index (χ1) is 5.64. The quantitative estimate of drug-likeness (QED) is 0.486. The minimum absolute atomic E-state index is 0.516. The Labute approximate surface area is 79.4 Å². The average Bonchev–Trinajstić information content (AvgIpc) is 1.99. The number of methoxy groups -OCH3 is 1. The summed E-state index contributed by atoms with van der Waals surface area (Å²) in [6.45, 7) is 8.37. The van der Waals surface area contributed by atoms with E-state index in [2.05, 4.69) is 4.74 Å². The lowest BCUT2D eigenvalue weighted by atomic mass is 9.98. The molecule has 0 heterocycles. The number of hydroxylamine groups is 2. The Morgan fingerprint density at radius 2 is 1.54 bits per heavy atom. The third-order valence-corrected chi connectivity index (χ3v) is 1.80. The van der Waals surface area contributed by atoms with Crippen LogP contribution in [0, 0.1) is 0 Å². The highest BCUT2D eigenvalue weighted by Crippen LogP contribution is 2.23. The number of esters is 1. The molecule has 0 aliphatic heterocycles. The van der Waals surface area contributed by atoms with E-state index in [9.17, 15) is 10.0 Å². The lowest BCUT2D eigenvalue weighted by Crippen LogP contribution is -2.55. The molecule has 0 bridgehead atoms. The fraction of sp³-hybridized carbons (Fsp3) is 0.889. The Morgan fingerprint density at radius 3 is 1.77 bits per heavy atom. The van der Waals surface area contributed by atoms with Gasteiger partial charge in [-0.2, -0.15) is 0 Å². The van der Waals surface area contributed by atoms with Crippen molar-refractivity contribution >= 4 is 5.97 Å².